The normalized spacial score (nSPS) is 29.5. The van der Waals surface area contributed by atoms with E-state index in [-0.39, 0.29) is 14.9 Å². The van der Waals surface area contributed by atoms with E-state index in [1.807, 2.05) is 0 Å². The van der Waals surface area contributed by atoms with Crippen LogP contribution in [-0.4, -0.2) is 38.1 Å². The number of ether oxygens (including phenoxy) is 1. The summed E-state index contributed by atoms with van der Waals surface area (Å²) in [7, 11) is 0. The maximum atomic E-state index is 13.0. The van der Waals surface area contributed by atoms with E-state index in [2.05, 4.69) is 0 Å². The Hall–Kier alpha value is -1.51. The van der Waals surface area contributed by atoms with E-state index in [0.29, 0.717) is 10.8 Å². The van der Waals surface area contributed by atoms with Crippen LogP contribution >= 0.6 is 0 Å². The molecule has 0 saturated carbocycles. The Kier molecular flexibility index (Phi) is 5.61. The van der Waals surface area contributed by atoms with Crippen LogP contribution in [0.4, 0.5) is 4.39 Å². The molecule has 2 heterocycles. The van der Waals surface area contributed by atoms with Crippen molar-refractivity contribution in [3.63, 3.8) is 0 Å². The van der Waals surface area contributed by atoms with Gasteiger partial charge in [0.15, 0.2) is 6.23 Å². The molecule has 0 radical (unpaired) electrons. The molecular weight excluding hydrogens is 259 g/mol. The van der Waals surface area contributed by atoms with Crippen molar-refractivity contribution in [2.45, 2.75) is 46.3 Å². The lowest BCUT2D eigenvalue weighted by atomic mass is 10.1. The number of nitrogens with one attached hydrogen (secondary N) is 1. The van der Waals surface area contributed by atoms with E-state index in [0.717, 1.165) is 0 Å². The van der Waals surface area contributed by atoms with Crippen molar-refractivity contribution in [3.8, 4) is 0 Å². The Balaban J connectivity index is 0.00000162. The van der Waals surface area contributed by atoms with Gasteiger partial charge in [-0.1, -0.05) is 14.9 Å². The average Bonchev–Trinajstić information content (AvgIpc) is 2.51. The number of halogens is 1. The Bertz CT molecular complexity index is 541. The topological polar surface area (TPSA) is 105 Å². The van der Waals surface area contributed by atoms with Crippen LogP contribution in [0.3, 0.4) is 0 Å². The smallest absolute Gasteiger partial charge is 0.330 e. The van der Waals surface area contributed by atoms with Gasteiger partial charge in [0, 0.05) is 0 Å². The van der Waals surface area contributed by atoms with E-state index in [4.69, 9.17) is 4.74 Å². The molecule has 0 spiro atoms. The monoisotopic (exact) mass is 278 g/mol. The summed E-state index contributed by atoms with van der Waals surface area (Å²) in [5.74, 6) is -1.17. The highest BCUT2D eigenvalue weighted by atomic mass is 19.1. The number of nitrogens with zero attached hydrogens (tertiary/aromatic N) is 1. The Morgan fingerprint density at radius 2 is 1.89 bits per heavy atom. The molecule has 1 fully saturated rings. The fourth-order valence-corrected chi connectivity index (χ4v) is 1.71. The standard InChI is InChI=1S/C9H11FN2O5.2CH4/c1-3-5(13)6(14)8(17-3)12-2-4(10)7(15)11-9(12)16;;/h2-3,5-6,8,13-14H,1H3,(H,11,15,16);2*1H4/t3?,5-,6?,8+;;/m0../s1. The molecule has 0 aliphatic carbocycles. The van der Waals surface area contributed by atoms with Crippen molar-refractivity contribution < 1.29 is 19.3 Å². The van der Waals surface area contributed by atoms with Gasteiger partial charge in [-0.2, -0.15) is 4.39 Å². The van der Waals surface area contributed by atoms with Gasteiger partial charge in [0.2, 0.25) is 5.82 Å². The van der Waals surface area contributed by atoms with Crippen LogP contribution in [0.15, 0.2) is 15.8 Å². The van der Waals surface area contributed by atoms with Crippen LogP contribution in [0.25, 0.3) is 0 Å². The molecule has 1 aromatic rings. The first-order chi connectivity index (χ1) is 7.91. The van der Waals surface area contributed by atoms with Gasteiger partial charge in [-0.3, -0.25) is 14.3 Å². The predicted octanol–water partition coefficient (Wildman–Crippen LogP) is -0.413. The van der Waals surface area contributed by atoms with E-state index in [1.165, 1.54) is 6.92 Å². The predicted molar refractivity (Wildman–Crippen MR) is 66.3 cm³/mol. The van der Waals surface area contributed by atoms with E-state index >= 15 is 0 Å². The summed E-state index contributed by atoms with van der Waals surface area (Å²) in [5, 5.41) is 19.1. The van der Waals surface area contributed by atoms with Gasteiger partial charge < -0.3 is 14.9 Å². The second kappa shape index (κ2) is 6.09. The second-order valence-corrected chi connectivity index (χ2v) is 3.86. The maximum absolute atomic E-state index is 13.0. The summed E-state index contributed by atoms with van der Waals surface area (Å²) in [6.07, 6.45) is -3.83. The number of aliphatic hydroxyl groups excluding tert-OH is 2. The van der Waals surface area contributed by atoms with Crippen molar-refractivity contribution in [1.29, 1.82) is 0 Å². The molecule has 1 saturated heterocycles. The van der Waals surface area contributed by atoms with Gasteiger partial charge in [0.1, 0.15) is 12.2 Å². The highest BCUT2D eigenvalue weighted by Crippen LogP contribution is 2.27. The second-order valence-electron chi connectivity index (χ2n) is 3.86. The van der Waals surface area contributed by atoms with E-state index < -0.39 is 41.6 Å². The molecular formula is C11H19FN2O5. The van der Waals surface area contributed by atoms with Gasteiger partial charge in [0.05, 0.1) is 12.3 Å². The zero-order valence-corrected chi connectivity index (χ0v) is 8.83. The zero-order valence-electron chi connectivity index (χ0n) is 8.83. The minimum Gasteiger partial charge on any atom is -0.388 e. The molecule has 0 aromatic carbocycles. The number of rotatable bonds is 1. The molecule has 4 atom stereocenters. The van der Waals surface area contributed by atoms with Crippen molar-refractivity contribution >= 4 is 0 Å². The van der Waals surface area contributed by atoms with Crippen LogP contribution < -0.4 is 11.2 Å². The van der Waals surface area contributed by atoms with Crippen molar-refractivity contribution in [1.82, 2.24) is 9.55 Å². The fraction of sp³-hybridized carbons (Fsp3) is 0.636. The SMILES string of the molecule is C.C.CC1O[C@@H](n2cc(F)c(=O)[nH]c2=O)C(O)[C@H]1O. The van der Waals surface area contributed by atoms with Crippen LogP contribution in [0, 0.1) is 5.82 Å². The van der Waals surface area contributed by atoms with Gasteiger partial charge >= 0.3 is 5.69 Å². The van der Waals surface area contributed by atoms with E-state index in [9.17, 15) is 24.2 Å². The molecule has 19 heavy (non-hydrogen) atoms. The summed E-state index contributed by atoms with van der Waals surface area (Å²) in [6, 6.07) is 0. The van der Waals surface area contributed by atoms with Crippen LogP contribution in [0.5, 0.6) is 0 Å². The Labute approximate surface area is 109 Å². The number of aromatic amines is 1. The summed E-state index contributed by atoms with van der Waals surface area (Å²) in [5.41, 5.74) is -2.06. The minimum atomic E-state index is -1.37. The lowest BCUT2D eigenvalue weighted by Crippen LogP contribution is -2.38. The zero-order chi connectivity index (χ0) is 12.7. The lowest BCUT2D eigenvalue weighted by molar-refractivity contribution is -0.0356. The van der Waals surface area contributed by atoms with Gasteiger partial charge in [0.25, 0.3) is 5.56 Å². The molecule has 3 N–H and O–H groups in total. The van der Waals surface area contributed by atoms with Crippen LogP contribution in [-0.2, 0) is 4.74 Å². The Morgan fingerprint density at radius 1 is 1.32 bits per heavy atom. The third kappa shape index (κ3) is 2.91. The number of H-pyrrole nitrogens is 1. The van der Waals surface area contributed by atoms with Crippen LogP contribution in [0.2, 0.25) is 0 Å². The molecule has 2 unspecified atom stereocenters. The molecule has 1 aromatic heterocycles. The largest absolute Gasteiger partial charge is 0.388 e. The average molecular weight is 278 g/mol. The maximum Gasteiger partial charge on any atom is 0.330 e. The fourth-order valence-electron chi connectivity index (χ4n) is 1.71. The van der Waals surface area contributed by atoms with Crippen molar-refractivity contribution in [2.24, 2.45) is 0 Å². The summed E-state index contributed by atoms with van der Waals surface area (Å²) < 4.78 is 18.9. The van der Waals surface area contributed by atoms with Crippen molar-refractivity contribution in [3.05, 3.63) is 32.9 Å². The molecule has 0 bridgehead atoms. The first-order valence-corrected chi connectivity index (χ1v) is 4.94. The summed E-state index contributed by atoms with van der Waals surface area (Å²) >= 11 is 0. The van der Waals surface area contributed by atoms with Gasteiger partial charge in [-0.15, -0.1) is 0 Å². The number of aromatic nitrogens is 2. The molecule has 1 aliphatic rings. The number of aliphatic hydroxyl groups is 2. The van der Waals surface area contributed by atoms with Gasteiger partial charge in [-0.05, 0) is 6.92 Å². The van der Waals surface area contributed by atoms with E-state index in [1.54, 1.807) is 4.98 Å². The summed E-state index contributed by atoms with van der Waals surface area (Å²) in [4.78, 5) is 24.0. The first-order valence-electron chi connectivity index (χ1n) is 4.94. The molecule has 1 aliphatic heterocycles. The number of hydrogen-bond acceptors (Lipinski definition) is 5. The summed E-state index contributed by atoms with van der Waals surface area (Å²) in [6.45, 7) is 1.50. The lowest BCUT2D eigenvalue weighted by Gasteiger charge is -2.16. The molecule has 0 amide bonds. The van der Waals surface area contributed by atoms with Crippen LogP contribution in [0.1, 0.15) is 28.0 Å². The third-order valence-corrected chi connectivity index (χ3v) is 2.68. The highest BCUT2D eigenvalue weighted by molar-refractivity contribution is 4.93. The minimum absolute atomic E-state index is 0. The van der Waals surface area contributed by atoms with Gasteiger partial charge in [-0.25, -0.2) is 4.79 Å². The number of hydrogen-bond donors (Lipinski definition) is 3. The molecule has 2 rings (SSSR count). The highest BCUT2D eigenvalue weighted by Gasteiger charge is 2.41. The Morgan fingerprint density at radius 3 is 2.37 bits per heavy atom. The first kappa shape index (κ1) is 17.5. The molecule has 7 nitrogen and oxygen atoms in total. The molecule has 110 valence electrons. The quantitative estimate of drug-likeness (QED) is 0.647. The third-order valence-electron chi connectivity index (χ3n) is 2.68. The van der Waals surface area contributed by atoms with Crippen molar-refractivity contribution in [2.75, 3.05) is 0 Å². The molecule has 8 heteroatoms.